The second-order valence-corrected chi connectivity index (χ2v) is 9.94. The van der Waals surface area contributed by atoms with E-state index in [1.807, 2.05) is 13.0 Å². The number of halogens is 5. The molecule has 0 saturated carbocycles. The first-order chi connectivity index (χ1) is 17.4. The first-order valence-corrected chi connectivity index (χ1v) is 12.3. The minimum Gasteiger partial charge on any atom is -0.395 e. The number of fused-ring (bicyclic) bond motifs is 1. The van der Waals surface area contributed by atoms with E-state index in [1.54, 1.807) is 19.1 Å². The van der Waals surface area contributed by atoms with E-state index in [4.69, 9.17) is 23.2 Å². The standard InChI is InChI=1S/C23H16BrCl2F2N5O4/c1-3-10-9-22(10,2)31-21(35)16-17(12(26)7-14-18(16)37-23(27,28)36-14)30-20(34)13-8-15(24)32-33(13)19-11(25)5-4-6-29-19/h4-9H,3H2,1-2H3,(H,30,34)(H,31,35). The number of ether oxygens (including phenoxy) is 2. The van der Waals surface area contributed by atoms with Gasteiger partial charge in [0.05, 0.1) is 21.3 Å². The molecule has 3 aromatic rings. The van der Waals surface area contributed by atoms with Crippen molar-refractivity contribution in [1.29, 1.82) is 0 Å². The van der Waals surface area contributed by atoms with Gasteiger partial charge in [-0.15, -0.1) is 8.78 Å². The third-order valence-corrected chi connectivity index (χ3v) is 6.75. The number of carbonyl (C=O) groups is 2. The van der Waals surface area contributed by atoms with Gasteiger partial charge in [0.25, 0.3) is 11.8 Å². The molecule has 1 aliphatic carbocycles. The third kappa shape index (κ3) is 4.64. The SMILES string of the molecule is CCC1=CC1(C)NC(=O)c1c(NC(=O)c2cc(Br)nn2-c2ncccc2Cl)c(Cl)cc2c1OC(F)(F)O2. The van der Waals surface area contributed by atoms with E-state index in [0.29, 0.717) is 6.42 Å². The Morgan fingerprint density at radius 3 is 2.62 bits per heavy atom. The molecule has 1 atom stereocenters. The maximum atomic E-state index is 14.0. The number of nitrogens with zero attached hydrogens (tertiary/aromatic N) is 3. The molecule has 2 N–H and O–H groups in total. The number of benzene rings is 1. The van der Waals surface area contributed by atoms with Crippen molar-refractivity contribution in [2.45, 2.75) is 32.1 Å². The lowest BCUT2D eigenvalue weighted by molar-refractivity contribution is -0.286. The summed E-state index contributed by atoms with van der Waals surface area (Å²) in [5, 5.41) is 9.47. The van der Waals surface area contributed by atoms with Gasteiger partial charge in [0.15, 0.2) is 17.3 Å². The molecule has 0 spiro atoms. The summed E-state index contributed by atoms with van der Waals surface area (Å²) in [6.45, 7) is 3.67. The van der Waals surface area contributed by atoms with Gasteiger partial charge in [0.1, 0.15) is 15.9 Å². The summed E-state index contributed by atoms with van der Waals surface area (Å²) in [6, 6.07) is 5.59. The number of amides is 2. The molecule has 0 fully saturated rings. The molecule has 1 unspecified atom stereocenters. The van der Waals surface area contributed by atoms with Gasteiger partial charge in [-0.1, -0.05) is 36.2 Å². The average Bonchev–Trinajstić information content (AvgIpc) is 3.13. The molecule has 2 amide bonds. The number of hydrogen-bond acceptors (Lipinski definition) is 6. The molecule has 37 heavy (non-hydrogen) atoms. The van der Waals surface area contributed by atoms with Crippen molar-refractivity contribution in [3.63, 3.8) is 0 Å². The maximum absolute atomic E-state index is 14.0. The molecule has 5 rings (SSSR count). The van der Waals surface area contributed by atoms with Gasteiger partial charge in [0, 0.05) is 18.3 Å². The van der Waals surface area contributed by atoms with Gasteiger partial charge >= 0.3 is 6.29 Å². The van der Waals surface area contributed by atoms with Crippen molar-refractivity contribution in [1.82, 2.24) is 20.1 Å². The molecule has 0 saturated heterocycles. The van der Waals surface area contributed by atoms with Crippen LogP contribution < -0.4 is 20.1 Å². The number of aromatic nitrogens is 3. The molecule has 2 aromatic heterocycles. The zero-order chi connectivity index (χ0) is 26.7. The molecule has 1 aromatic carbocycles. The van der Waals surface area contributed by atoms with Crippen LogP contribution in [0.1, 0.15) is 41.1 Å². The molecule has 14 heteroatoms. The van der Waals surface area contributed by atoms with Crippen molar-refractivity contribution < 1.29 is 27.8 Å². The van der Waals surface area contributed by atoms with Crippen molar-refractivity contribution in [2.24, 2.45) is 0 Å². The lowest BCUT2D eigenvalue weighted by Gasteiger charge is -2.19. The molecule has 2 aliphatic rings. The summed E-state index contributed by atoms with van der Waals surface area (Å²) in [5.41, 5.74) is -0.521. The maximum Gasteiger partial charge on any atom is 0.586 e. The minimum absolute atomic E-state index is 0.0398. The Labute approximate surface area is 226 Å². The van der Waals surface area contributed by atoms with E-state index >= 15 is 0 Å². The van der Waals surface area contributed by atoms with E-state index < -0.39 is 40.7 Å². The largest absolute Gasteiger partial charge is 0.586 e. The highest BCUT2D eigenvalue weighted by atomic mass is 79.9. The Hall–Kier alpha value is -3.22. The number of alkyl halides is 2. The van der Waals surface area contributed by atoms with Gasteiger partial charge in [-0.2, -0.15) is 5.10 Å². The van der Waals surface area contributed by atoms with Crippen LogP contribution in [0.3, 0.4) is 0 Å². The first-order valence-electron chi connectivity index (χ1n) is 10.8. The molecule has 9 nitrogen and oxygen atoms in total. The number of anilines is 1. The van der Waals surface area contributed by atoms with Crippen LogP contribution in [0.4, 0.5) is 14.5 Å². The number of hydrogen-bond donors (Lipinski definition) is 2. The highest BCUT2D eigenvalue weighted by Crippen LogP contribution is 2.49. The first kappa shape index (κ1) is 25.4. The van der Waals surface area contributed by atoms with Crippen molar-refractivity contribution in [2.75, 3.05) is 5.32 Å². The van der Waals surface area contributed by atoms with Gasteiger partial charge in [-0.3, -0.25) is 9.59 Å². The van der Waals surface area contributed by atoms with Crippen LogP contribution in [0.5, 0.6) is 11.5 Å². The zero-order valence-electron chi connectivity index (χ0n) is 19.0. The predicted octanol–water partition coefficient (Wildman–Crippen LogP) is 5.75. The molecule has 0 bridgehead atoms. The van der Waals surface area contributed by atoms with Crippen LogP contribution in [-0.4, -0.2) is 38.4 Å². The molecule has 192 valence electrons. The fourth-order valence-electron chi connectivity index (χ4n) is 3.98. The Morgan fingerprint density at radius 1 is 1.19 bits per heavy atom. The molecule has 1 aliphatic heterocycles. The van der Waals surface area contributed by atoms with Crippen molar-refractivity contribution >= 4 is 56.6 Å². The van der Waals surface area contributed by atoms with Crippen molar-refractivity contribution in [3.05, 3.63) is 68.0 Å². The Morgan fingerprint density at radius 2 is 1.95 bits per heavy atom. The van der Waals surface area contributed by atoms with Gasteiger partial charge in [-0.05, 0) is 47.0 Å². The quantitative estimate of drug-likeness (QED) is 0.343. The van der Waals surface area contributed by atoms with Gasteiger partial charge in [-0.25, -0.2) is 9.67 Å². The Balaban J connectivity index is 1.56. The smallest absolute Gasteiger partial charge is 0.395 e. The summed E-state index contributed by atoms with van der Waals surface area (Å²) < 4.78 is 38.5. The van der Waals surface area contributed by atoms with Crippen LogP contribution in [-0.2, 0) is 0 Å². The van der Waals surface area contributed by atoms with E-state index in [9.17, 15) is 18.4 Å². The predicted molar refractivity (Wildman–Crippen MR) is 134 cm³/mol. The van der Waals surface area contributed by atoms with Crippen LogP contribution in [0.15, 0.2) is 46.7 Å². The van der Waals surface area contributed by atoms with Crippen molar-refractivity contribution in [3.8, 4) is 17.3 Å². The average molecular weight is 615 g/mol. The number of carbonyl (C=O) groups excluding carboxylic acids is 2. The summed E-state index contributed by atoms with van der Waals surface area (Å²) in [5.74, 6) is -2.44. The van der Waals surface area contributed by atoms with Crippen LogP contribution in [0.2, 0.25) is 10.0 Å². The van der Waals surface area contributed by atoms with Gasteiger partial charge < -0.3 is 20.1 Å². The summed E-state index contributed by atoms with van der Waals surface area (Å²) in [4.78, 5) is 30.9. The number of rotatable bonds is 6. The summed E-state index contributed by atoms with van der Waals surface area (Å²) >= 11 is 15.8. The third-order valence-electron chi connectivity index (χ3n) is 5.77. The van der Waals surface area contributed by atoms with Crippen LogP contribution >= 0.6 is 39.1 Å². The number of pyridine rings is 1. The second kappa shape index (κ2) is 8.96. The topological polar surface area (TPSA) is 107 Å². The molecule has 0 radical (unpaired) electrons. The summed E-state index contributed by atoms with van der Waals surface area (Å²) in [7, 11) is 0. The fraction of sp³-hybridized carbons (Fsp3) is 0.217. The lowest BCUT2D eigenvalue weighted by atomic mass is 10.1. The monoisotopic (exact) mass is 613 g/mol. The Kier molecular flexibility index (Phi) is 6.16. The molecule has 3 heterocycles. The van der Waals surface area contributed by atoms with E-state index in [1.165, 1.54) is 16.9 Å². The summed E-state index contributed by atoms with van der Waals surface area (Å²) in [6.07, 6.45) is -0.0566. The zero-order valence-corrected chi connectivity index (χ0v) is 22.1. The molecular weight excluding hydrogens is 599 g/mol. The van der Waals surface area contributed by atoms with E-state index in [2.05, 4.69) is 46.1 Å². The number of nitrogens with one attached hydrogen (secondary N) is 2. The highest BCUT2D eigenvalue weighted by molar-refractivity contribution is 9.10. The highest BCUT2D eigenvalue weighted by Gasteiger charge is 2.48. The van der Waals surface area contributed by atoms with Crippen LogP contribution in [0, 0.1) is 0 Å². The van der Waals surface area contributed by atoms with E-state index in [-0.39, 0.29) is 31.8 Å². The fourth-order valence-corrected chi connectivity index (χ4v) is 4.79. The van der Waals surface area contributed by atoms with E-state index in [0.717, 1.165) is 11.6 Å². The second-order valence-electron chi connectivity index (χ2n) is 8.31. The van der Waals surface area contributed by atoms with Crippen LogP contribution in [0.25, 0.3) is 5.82 Å². The van der Waals surface area contributed by atoms with Gasteiger partial charge in [0.2, 0.25) is 0 Å². The minimum atomic E-state index is -4.03. The Bertz CT molecular complexity index is 1510. The normalized spacial score (nSPS) is 18.8. The molecular formula is C23H16BrCl2F2N5O4. The lowest BCUT2D eigenvalue weighted by Crippen LogP contribution is -2.38.